The predicted molar refractivity (Wildman–Crippen MR) is 84.9 cm³/mol. The van der Waals surface area contributed by atoms with E-state index < -0.39 is 10.0 Å². The fraction of sp³-hybridized carbons (Fsp3) is 0.571. The molecule has 0 aromatic heterocycles. The fourth-order valence-electron chi connectivity index (χ4n) is 1.96. The van der Waals surface area contributed by atoms with E-state index in [1.807, 2.05) is 6.07 Å². The maximum absolute atomic E-state index is 12.1. The molecular weight excluding hydrogens is 290 g/mol. The van der Waals surface area contributed by atoms with Crippen molar-refractivity contribution in [2.45, 2.75) is 23.8 Å². The molecule has 6 nitrogen and oxygen atoms in total. The van der Waals surface area contributed by atoms with Crippen LogP contribution in [0.3, 0.4) is 0 Å². The summed E-state index contributed by atoms with van der Waals surface area (Å²) in [7, 11) is 1.26. The second kappa shape index (κ2) is 8.33. The molecule has 3 N–H and O–H groups in total. The number of anilines is 1. The van der Waals surface area contributed by atoms with E-state index in [4.69, 9.17) is 10.5 Å². The SMILES string of the molecule is COCC(CCCN)Nc1cccc(S(=O)(=O)N(C)C)c1. The minimum absolute atomic E-state index is 0.107. The van der Waals surface area contributed by atoms with Crippen LogP contribution in [-0.4, -0.2) is 53.1 Å². The van der Waals surface area contributed by atoms with E-state index in [9.17, 15) is 8.42 Å². The van der Waals surface area contributed by atoms with Gasteiger partial charge in [0, 0.05) is 32.9 Å². The van der Waals surface area contributed by atoms with Gasteiger partial charge in [-0.15, -0.1) is 0 Å². The van der Waals surface area contributed by atoms with Crippen LogP contribution in [0.1, 0.15) is 12.8 Å². The van der Waals surface area contributed by atoms with Gasteiger partial charge in [0.15, 0.2) is 0 Å². The number of ether oxygens (including phenoxy) is 1. The highest BCUT2D eigenvalue weighted by molar-refractivity contribution is 7.89. The molecule has 1 aromatic carbocycles. The molecule has 120 valence electrons. The Kier molecular flexibility index (Phi) is 7.10. The Bertz CT molecular complexity index is 532. The third-order valence-corrected chi connectivity index (χ3v) is 4.92. The Labute approximate surface area is 127 Å². The van der Waals surface area contributed by atoms with Crippen molar-refractivity contribution >= 4 is 15.7 Å². The summed E-state index contributed by atoms with van der Waals surface area (Å²) in [6, 6.07) is 6.91. The summed E-state index contributed by atoms with van der Waals surface area (Å²) < 4.78 is 30.6. The summed E-state index contributed by atoms with van der Waals surface area (Å²) >= 11 is 0. The fourth-order valence-corrected chi connectivity index (χ4v) is 2.90. The molecule has 0 aliphatic heterocycles. The van der Waals surface area contributed by atoms with Gasteiger partial charge in [-0.25, -0.2) is 12.7 Å². The van der Waals surface area contributed by atoms with Gasteiger partial charge in [0.2, 0.25) is 10.0 Å². The van der Waals surface area contributed by atoms with Crippen LogP contribution in [0.15, 0.2) is 29.2 Å². The highest BCUT2D eigenvalue weighted by atomic mass is 32.2. The van der Waals surface area contributed by atoms with Crippen molar-refractivity contribution < 1.29 is 13.2 Å². The highest BCUT2D eigenvalue weighted by Crippen LogP contribution is 2.19. The number of benzene rings is 1. The number of hydrogen-bond acceptors (Lipinski definition) is 5. The van der Waals surface area contributed by atoms with Crippen LogP contribution < -0.4 is 11.1 Å². The van der Waals surface area contributed by atoms with E-state index in [-0.39, 0.29) is 10.9 Å². The Hall–Kier alpha value is -1.15. The number of nitrogens with zero attached hydrogens (tertiary/aromatic N) is 1. The van der Waals surface area contributed by atoms with Crippen LogP contribution in [0, 0.1) is 0 Å². The molecule has 1 atom stereocenters. The molecule has 0 heterocycles. The Morgan fingerprint density at radius 2 is 2.10 bits per heavy atom. The monoisotopic (exact) mass is 315 g/mol. The summed E-state index contributed by atoms with van der Waals surface area (Å²) in [4.78, 5) is 0.271. The molecule has 0 spiro atoms. The number of nitrogens with one attached hydrogen (secondary N) is 1. The summed E-state index contributed by atoms with van der Waals surface area (Å²) in [5.74, 6) is 0. The lowest BCUT2D eigenvalue weighted by Gasteiger charge is -2.20. The van der Waals surface area contributed by atoms with E-state index in [2.05, 4.69) is 5.32 Å². The standard InChI is InChI=1S/C14H25N3O3S/c1-17(2)21(18,19)14-8-4-6-12(10-14)16-13(11-20-3)7-5-9-15/h4,6,8,10,13,16H,5,7,9,11,15H2,1-3H3. The van der Waals surface area contributed by atoms with Gasteiger partial charge in [0.1, 0.15) is 0 Å². The van der Waals surface area contributed by atoms with Crippen LogP contribution in [0.2, 0.25) is 0 Å². The molecular formula is C14H25N3O3S. The molecule has 0 saturated carbocycles. The second-order valence-corrected chi connectivity index (χ2v) is 7.19. The minimum Gasteiger partial charge on any atom is -0.383 e. The largest absolute Gasteiger partial charge is 0.383 e. The first kappa shape index (κ1) is 17.9. The number of hydrogen-bond donors (Lipinski definition) is 2. The van der Waals surface area contributed by atoms with Gasteiger partial charge >= 0.3 is 0 Å². The Morgan fingerprint density at radius 3 is 2.67 bits per heavy atom. The molecule has 7 heteroatoms. The minimum atomic E-state index is -3.42. The van der Waals surface area contributed by atoms with Gasteiger partial charge < -0.3 is 15.8 Å². The average molecular weight is 315 g/mol. The zero-order chi connectivity index (χ0) is 15.9. The van der Waals surface area contributed by atoms with Crippen molar-refractivity contribution in [3.05, 3.63) is 24.3 Å². The van der Waals surface area contributed by atoms with Crippen LogP contribution >= 0.6 is 0 Å². The van der Waals surface area contributed by atoms with Crippen molar-refractivity contribution in [2.75, 3.05) is 39.7 Å². The zero-order valence-corrected chi connectivity index (χ0v) is 13.7. The first-order valence-corrected chi connectivity index (χ1v) is 8.34. The van der Waals surface area contributed by atoms with E-state index in [1.54, 1.807) is 25.3 Å². The van der Waals surface area contributed by atoms with Gasteiger partial charge in [-0.3, -0.25) is 0 Å². The van der Waals surface area contributed by atoms with Crippen LogP contribution in [0.25, 0.3) is 0 Å². The first-order valence-electron chi connectivity index (χ1n) is 6.90. The molecule has 1 aromatic rings. The first-order chi connectivity index (χ1) is 9.91. The highest BCUT2D eigenvalue weighted by Gasteiger charge is 2.17. The summed E-state index contributed by atoms with van der Waals surface area (Å²) in [6.45, 7) is 1.17. The van der Waals surface area contributed by atoms with Crippen molar-refractivity contribution in [3.8, 4) is 0 Å². The molecule has 1 rings (SSSR count). The average Bonchev–Trinajstić information content (AvgIpc) is 2.45. The topological polar surface area (TPSA) is 84.7 Å². The lowest BCUT2D eigenvalue weighted by atomic mass is 10.1. The van der Waals surface area contributed by atoms with E-state index in [0.29, 0.717) is 13.2 Å². The summed E-state index contributed by atoms with van der Waals surface area (Å²) in [6.07, 6.45) is 1.76. The van der Waals surface area contributed by atoms with Crippen LogP contribution in [0.5, 0.6) is 0 Å². The van der Waals surface area contributed by atoms with E-state index in [0.717, 1.165) is 18.5 Å². The molecule has 21 heavy (non-hydrogen) atoms. The van der Waals surface area contributed by atoms with Gasteiger partial charge in [-0.05, 0) is 37.6 Å². The number of rotatable bonds is 9. The van der Waals surface area contributed by atoms with Crippen molar-refractivity contribution in [1.29, 1.82) is 0 Å². The molecule has 1 unspecified atom stereocenters. The quantitative estimate of drug-likeness (QED) is 0.713. The number of sulfonamides is 1. The molecule has 0 radical (unpaired) electrons. The second-order valence-electron chi connectivity index (χ2n) is 5.04. The molecule has 0 aliphatic carbocycles. The lowest BCUT2D eigenvalue weighted by molar-refractivity contribution is 0.182. The maximum Gasteiger partial charge on any atom is 0.242 e. The molecule has 0 aliphatic rings. The van der Waals surface area contributed by atoms with Crippen molar-refractivity contribution in [3.63, 3.8) is 0 Å². The molecule has 0 saturated heterocycles. The number of methoxy groups -OCH3 is 1. The zero-order valence-electron chi connectivity index (χ0n) is 12.9. The van der Waals surface area contributed by atoms with Crippen molar-refractivity contribution in [2.24, 2.45) is 5.73 Å². The summed E-state index contributed by atoms with van der Waals surface area (Å²) in [5.41, 5.74) is 6.29. The smallest absolute Gasteiger partial charge is 0.242 e. The molecule has 0 amide bonds. The van der Waals surface area contributed by atoms with Crippen LogP contribution in [-0.2, 0) is 14.8 Å². The predicted octanol–water partition coefficient (Wildman–Crippen LogP) is 1.10. The molecule has 0 fully saturated rings. The van der Waals surface area contributed by atoms with Gasteiger partial charge in [0.05, 0.1) is 11.5 Å². The van der Waals surface area contributed by atoms with Gasteiger partial charge in [-0.2, -0.15) is 0 Å². The lowest BCUT2D eigenvalue weighted by Crippen LogP contribution is -2.26. The van der Waals surface area contributed by atoms with Gasteiger partial charge in [0.25, 0.3) is 0 Å². The summed E-state index contributed by atoms with van der Waals surface area (Å²) in [5, 5.41) is 3.30. The number of nitrogens with two attached hydrogens (primary N) is 1. The van der Waals surface area contributed by atoms with E-state index in [1.165, 1.54) is 18.4 Å². The normalized spacial score (nSPS) is 13.4. The molecule has 0 bridgehead atoms. The van der Waals surface area contributed by atoms with Crippen LogP contribution in [0.4, 0.5) is 5.69 Å². The Balaban J connectivity index is 2.89. The van der Waals surface area contributed by atoms with E-state index >= 15 is 0 Å². The van der Waals surface area contributed by atoms with Gasteiger partial charge in [-0.1, -0.05) is 6.07 Å². The van der Waals surface area contributed by atoms with Crippen molar-refractivity contribution in [1.82, 2.24) is 4.31 Å². The Morgan fingerprint density at radius 1 is 1.38 bits per heavy atom. The third kappa shape index (κ3) is 5.28. The maximum atomic E-state index is 12.1. The third-order valence-electron chi connectivity index (χ3n) is 3.11.